The highest BCUT2D eigenvalue weighted by atomic mass is 32.1. The molecule has 0 rings (SSSR count). The topological polar surface area (TPSA) is 121 Å². The van der Waals surface area contributed by atoms with E-state index in [0.29, 0.717) is 25.0 Å². The second-order valence-corrected chi connectivity index (χ2v) is 7.53. The molecule has 0 amide bonds. The summed E-state index contributed by atoms with van der Waals surface area (Å²) >= 11 is 4.01. The lowest BCUT2D eigenvalue weighted by Gasteiger charge is -2.29. The molecule has 0 aromatic carbocycles. The number of hydrogen-bond acceptors (Lipinski definition) is 6. The molecule has 0 aliphatic heterocycles. The normalized spacial score (nSPS) is 13.9. The number of Topliss-reactive ketones (excluding diaryl/α,β-unsaturated/α-hetero) is 2. The van der Waals surface area contributed by atoms with Gasteiger partial charge in [-0.2, -0.15) is 12.6 Å². The predicted molar refractivity (Wildman–Crippen MR) is 84.7 cm³/mol. The highest BCUT2D eigenvalue weighted by Crippen LogP contribution is 2.39. The number of ketones is 2. The lowest BCUT2D eigenvalue weighted by molar-refractivity contribution is -0.134. The first-order valence-corrected chi connectivity index (χ1v) is 9.19. The van der Waals surface area contributed by atoms with Gasteiger partial charge in [-0.1, -0.05) is 13.8 Å². The predicted octanol–water partition coefficient (Wildman–Crippen LogP) is 1.50. The van der Waals surface area contributed by atoms with Crippen molar-refractivity contribution in [3.8, 4) is 0 Å². The van der Waals surface area contributed by atoms with E-state index in [0.717, 1.165) is 0 Å². The quantitative estimate of drug-likeness (QED) is 0.309. The monoisotopic (exact) mass is 356 g/mol. The summed E-state index contributed by atoms with van der Waals surface area (Å²) in [6.07, 6.45) is 0.370. The van der Waals surface area contributed by atoms with Crippen LogP contribution in [0.2, 0.25) is 0 Å². The fraction of sp³-hybridized carbons (Fsp3) is 0.846. The Bertz CT molecular complexity index is 419. The molecule has 0 heterocycles. The summed E-state index contributed by atoms with van der Waals surface area (Å²) in [6.45, 7) is 2.50. The van der Waals surface area contributed by atoms with Crippen molar-refractivity contribution < 1.29 is 33.6 Å². The number of aliphatic hydroxyl groups is 1. The van der Waals surface area contributed by atoms with Gasteiger partial charge in [-0.3, -0.25) is 14.1 Å². The fourth-order valence-corrected chi connectivity index (χ4v) is 2.42. The van der Waals surface area contributed by atoms with Crippen LogP contribution in [0.5, 0.6) is 0 Å². The van der Waals surface area contributed by atoms with Crippen LogP contribution >= 0.6 is 20.5 Å². The van der Waals surface area contributed by atoms with Gasteiger partial charge in [0.05, 0.1) is 6.61 Å². The molecular formula is C13H25O7PS. The highest BCUT2D eigenvalue weighted by molar-refractivity contribution is 7.80. The van der Waals surface area contributed by atoms with Crippen molar-refractivity contribution in [1.82, 2.24) is 0 Å². The number of phosphoric ester groups is 1. The molecule has 0 spiro atoms. The van der Waals surface area contributed by atoms with Crippen LogP contribution in [0.3, 0.4) is 0 Å². The molecule has 0 aliphatic carbocycles. The maximum absolute atomic E-state index is 11.9. The standard InChI is InChI=1S/C13H25O7PS/c1-13(2,9-20-21(17,18)19)12(16)11(15)7-3-5-10(14)6-4-8-22/h12,16,22H,3-9H2,1-2H3,(H2,17,18,19). The fourth-order valence-electron chi connectivity index (χ4n) is 1.76. The van der Waals surface area contributed by atoms with Crippen molar-refractivity contribution in [2.45, 2.75) is 52.1 Å². The molecule has 22 heavy (non-hydrogen) atoms. The smallest absolute Gasteiger partial charge is 0.385 e. The van der Waals surface area contributed by atoms with Gasteiger partial charge in [0.15, 0.2) is 5.78 Å². The van der Waals surface area contributed by atoms with Gasteiger partial charge in [-0.15, -0.1) is 0 Å². The minimum Gasteiger partial charge on any atom is -0.385 e. The van der Waals surface area contributed by atoms with Crippen LogP contribution in [0.1, 0.15) is 46.0 Å². The first-order chi connectivity index (χ1) is 9.99. The molecule has 1 atom stereocenters. The van der Waals surface area contributed by atoms with Crippen LogP contribution in [0.4, 0.5) is 0 Å². The number of hydrogen-bond donors (Lipinski definition) is 4. The zero-order valence-corrected chi connectivity index (χ0v) is 14.7. The number of aliphatic hydroxyl groups excluding tert-OH is 1. The number of thiol groups is 1. The lowest BCUT2D eigenvalue weighted by Crippen LogP contribution is -2.39. The number of carbonyl (C=O) groups is 2. The molecule has 0 saturated carbocycles. The zero-order valence-electron chi connectivity index (χ0n) is 12.9. The van der Waals surface area contributed by atoms with Gasteiger partial charge in [-0.25, -0.2) is 4.57 Å². The van der Waals surface area contributed by atoms with Gasteiger partial charge < -0.3 is 14.9 Å². The molecule has 0 radical (unpaired) electrons. The third kappa shape index (κ3) is 9.71. The molecule has 0 bridgehead atoms. The third-order valence-electron chi connectivity index (χ3n) is 3.14. The molecule has 0 aliphatic rings. The average Bonchev–Trinajstić information content (AvgIpc) is 2.41. The van der Waals surface area contributed by atoms with Crippen LogP contribution in [0, 0.1) is 5.41 Å². The maximum Gasteiger partial charge on any atom is 0.469 e. The van der Waals surface area contributed by atoms with Crippen molar-refractivity contribution in [3.05, 3.63) is 0 Å². The number of phosphoric acid groups is 1. The molecule has 0 aromatic rings. The van der Waals surface area contributed by atoms with Crippen molar-refractivity contribution in [2.24, 2.45) is 5.41 Å². The molecule has 0 aromatic heterocycles. The Labute approximate surface area is 136 Å². The van der Waals surface area contributed by atoms with Crippen LogP contribution in [0.25, 0.3) is 0 Å². The van der Waals surface area contributed by atoms with Gasteiger partial charge >= 0.3 is 7.82 Å². The molecular weight excluding hydrogens is 331 g/mol. The number of rotatable bonds is 12. The number of carbonyl (C=O) groups excluding carboxylic acids is 2. The van der Waals surface area contributed by atoms with E-state index in [1.807, 2.05) is 0 Å². The van der Waals surface area contributed by atoms with E-state index in [1.54, 1.807) is 0 Å². The van der Waals surface area contributed by atoms with E-state index < -0.39 is 31.7 Å². The molecule has 0 saturated heterocycles. The van der Waals surface area contributed by atoms with E-state index in [9.17, 15) is 19.3 Å². The van der Waals surface area contributed by atoms with Gasteiger partial charge in [0.2, 0.25) is 0 Å². The van der Waals surface area contributed by atoms with E-state index >= 15 is 0 Å². The molecule has 7 nitrogen and oxygen atoms in total. The summed E-state index contributed by atoms with van der Waals surface area (Å²) in [7, 11) is -4.65. The zero-order chi connectivity index (χ0) is 17.4. The van der Waals surface area contributed by atoms with Crippen LogP contribution in [-0.2, 0) is 18.7 Å². The van der Waals surface area contributed by atoms with Crippen LogP contribution in [0.15, 0.2) is 0 Å². The Kier molecular flexibility index (Phi) is 9.69. The largest absolute Gasteiger partial charge is 0.469 e. The Morgan fingerprint density at radius 3 is 2.23 bits per heavy atom. The summed E-state index contributed by atoms with van der Waals surface area (Å²) in [5, 5.41) is 9.97. The summed E-state index contributed by atoms with van der Waals surface area (Å²) in [6, 6.07) is 0. The van der Waals surface area contributed by atoms with Gasteiger partial charge in [-0.05, 0) is 18.6 Å². The Balaban J connectivity index is 4.24. The molecule has 3 N–H and O–H groups in total. The first kappa shape index (κ1) is 21.8. The summed E-state index contributed by atoms with van der Waals surface area (Å²) in [5.74, 6) is 0.221. The SMILES string of the molecule is CC(C)(COP(=O)(O)O)C(O)C(=O)CCCC(=O)CCCS. The van der Waals surface area contributed by atoms with Crippen LogP contribution in [-0.4, -0.2) is 44.9 Å². The summed E-state index contributed by atoms with van der Waals surface area (Å²) in [4.78, 5) is 40.6. The Morgan fingerprint density at radius 2 is 1.73 bits per heavy atom. The minimum absolute atomic E-state index is 0.0348. The van der Waals surface area contributed by atoms with Gasteiger partial charge in [0.1, 0.15) is 11.9 Å². The maximum atomic E-state index is 11.9. The summed E-state index contributed by atoms with van der Waals surface area (Å²) < 4.78 is 15.0. The van der Waals surface area contributed by atoms with Crippen molar-refractivity contribution in [1.29, 1.82) is 0 Å². The van der Waals surface area contributed by atoms with E-state index in [2.05, 4.69) is 17.2 Å². The lowest BCUT2D eigenvalue weighted by atomic mass is 9.84. The van der Waals surface area contributed by atoms with Crippen molar-refractivity contribution in [3.63, 3.8) is 0 Å². The van der Waals surface area contributed by atoms with E-state index in [-0.39, 0.29) is 18.6 Å². The third-order valence-corrected chi connectivity index (χ3v) is 3.92. The average molecular weight is 356 g/mol. The van der Waals surface area contributed by atoms with E-state index in [1.165, 1.54) is 13.8 Å². The van der Waals surface area contributed by atoms with Crippen molar-refractivity contribution in [2.75, 3.05) is 12.4 Å². The van der Waals surface area contributed by atoms with E-state index in [4.69, 9.17) is 9.79 Å². The summed E-state index contributed by atoms with van der Waals surface area (Å²) in [5.41, 5.74) is -1.13. The molecule has 0 fully saturated rings. The first-order valence-electron chi connectivity index (χ1n) is 7.03. The Hall–Kier alpha value is -0.240. The second kappa shape index (κ2) is 9.80. The van der Waals surface area contributed by atoms with Gasteiger partial charge in [0.25, 0.3) is 0 Å². The minimum atomic E-state index is -4.65. The molecule has 1 unspecified atom stereocenters. The van der Waals surface area contributed by atoms with Gasteiger partial charge in [0, 0.05) is 24.7 Å². The van der Waals surface area contributed by atoms with Crippen LogP contribution < -0.4 is 0 Å². The second-order valence-electron chi connectivity index (χ2n) is 5.84. The Morgan fingerprint density at radius 1 is 1.18 bits per heavy atom. The van der Waals surface area contributed by atoms with Crippen molar-refractivity contribution >= 4 is 32.0 Å². The molecule has 130 valence electrons. The highest BCUT2D eigenvalue weighted by Gasteiger charge is 2.35. The molecule has 9 heteroatoms.